The molecule has 1 fully saturated rings. The minimum Gasteiger partial charge on any atom is -0.478 e. The molecule has 2 rings (SSSR count). The number of aromatic carboxylic acids is 1. The van der Waals surface area contributed by atoms with E-state index < -0.39 is 5.97 Å². The van der Waals surface area contributed by atoms with Crippen molar-refractivity contribution in [2.75, 3.05) is 13.1 Å². The smallest absolute Gasteiger partial charge is 0.335 e. The van der Waals surface area contributed by atoms with Crippen LogP contribution in [0.3, 0.4) is 0 Å². The fourth-order valence-corrected chi connectivity index (χ4v) is 2.68. The van der Waals surface area contributed by atoms with Crippen LogP contribution < -0.4 is 0 Å². The lowest BCUT2D eigenvalue weighted by Gasteiger charge is -2.24. The van der Waals surface area contributed by atoms with Crippen LogP contribution in [0.4, 0.5) is 0 Å². The van der Waals surface area contributed by atoms with Gasteiger partial charge in [0.25, 0.3) is 0 Å². The molecular weight excluding hydrogens is 226 g/mol. The van der Waals surface area contributed by atoms with Gasteiger partial charge in [-0.05, 0) is 50.0 Å². The van der Waals surface area contributed by atoms with Crippen molar-refractivity contribution >= 4 is 5.97 Å². The van der Waals surface area contributed by atoms with E-state index in [-0.39, 0.29) is 0 Å². The average molecular weight is 247 g/mol. The van der Waals surface area contributed by atoms with Gasteiger partial charge in [0.05, 0.1) is 5.56 Å². The SMILES string of the molecule is CCCCN1CCCC1c1ccc(C(=O)O)cc1. The number of carbonyl (C=O) groups is 1. The van der Waals surface area contributed by atoms with Gasteiger partial charge in [-0.25, -0.2) is 4.79 Å². The first kappa shape index (κ1) is 13.1. The summed E-state index contributed by atoms with van der Waals surface area (Å²) in [5, 5.41) is 8.90. The zero-order valence-electron chi connectivity index (χ0n) is 10.9. The van der Waals surface area contributed by atoms with Crippen molar-refractivity contribution in [2.24, 2.45) is 0 Å². The second-order valence-corrected chi connectivity index (χ2v) is 4.97. The Hall–Kier alpha value is -1.35. The van der Waals surface area contributed by atoms with Gasteiger partial charge in [-0.3, -0.25) is 4.90 Å². The first-order valence-corrected chi connectivity index (χ1v) is 6.79. The molecule has 0 bridgehead atoms. The van der Waals surface area contributed by atoms with Crippen LogP contribution >= 0.6 is 0 Å². The third-order valence-corrected chi connectivity index (χ3v) is 3.70. The first-order chi connectivity index (χ1) is 8.72. The Morgan fingerprint density at radius 3 is 2.72 bits per heavy atom. The highest BCUT2D eigenvalue weighted by atomic mass is 16.4. The summed E-state index contributed by atoms with van der Waals surface area (Å²) < 4.78 is 0. The van der Waals surface area contributed by atoms with Gasteiger partial charge >= 0.3 is 5.97 Å². The largest absolute Gasteiger partial charge is 0.478 e. The summed E-state index contributed by atoms with van der Waals surface area (Å²) in [6.45, 7) is 4.54. The average Bonchev–Trinajstić information content (AvgIpc) is 2.84. The fourth-order valence-electron chi connectivity index (χ4n) is 2.68. The molecule has 1 aromatic carbocycles. The standard InChI is InChI=1S/C15H21NO2/c1-2-3-10-16-11-4-5-14(16)12-6-8-13(9-7-12)15(17)18/h6-9,14H,2-5,10-11H2,1H3,(H,17,18). The highest BCUT2D eigenvalue weighted by Gasteiger charge is 2.25. The van der Waals surface area contributed by atoms with Crippen molar-refractivity contribution in [1.82, 2.24) is 4.90 Å². The van der Waals surface area contributed by atoms with Gasteiger partial charge in [0.1, 0.15) is 0 Å². The molecule has 0 saturated carbocycles. The Bertz CT molecular complexity index is 399. The number of hydrogen-bond donors (Lipinski definition) is 1. The summed E-state index contributed by atoms with van der Waals surface area (Å²) in [5.41, 5.74) is 1.63. The van der Waals surface area contributed by atoms with Crippen LogP contribution in [0, 0.1) is 0 Å². The zero-order chi connectivity index (χ0) is 13.0. The fraction of sp³-hybridized carbons (Fsp3) is 0.533. The quantitative estimate of drug-likeness (QED) is 0.867. The minimum absolute atomic E-state index is 0.372. The second-order valence-electron chi connectivity index (χ2n) is 4.97. The van der Waals surface area contributed by atoms with Gasteiger partial charge in [-0.2, -0.15) is 0 Å². The molecule has 1 atom stereocenters. The first-order valence-electron chi connectivity index (χ1n) is 6.79. The lowest BCUT2D eigenvalue weighted by atomic mass is 10.0. The van der Waals surface area contributed by atoms with E-state index in [0.717, 1.165) is 6.54 Å². The Kier molecular flexibility index (Phi) is 4.37. The molecule has 1 aliphatic rings. The lowest BCUT2D eigenvalue weighted by molar-refractivity contribution is 0.0697. The predicted molar refractivity (Wildman–Crippen MR) is 71.9 cm³/mol. The Balaban J connectivity index is 2.07. The molecule has 0 aromatic heterocycles. The van der Waals surface area contributed by atoms with Gasteiger partial charge in [-0.1, -0.05) is 25.5 Å². The number of benzene rings is 1. The summed E-state index contributed by atoms with van der Waals surface area (Å²) in [6, 6.07) is 7.86. The van der Waals surface area contributed by atoms with E-state index >= 15 is 0 Å². The molecule has 0 spiro atoms. The highest BCUT2D eigenvalue weighted by Crippen LogP contribution is 2.32. The Morgan fingerprint density at radius 2 is 2.11 bits per heavy atom. The molecule has 1 aliphatic heterocycles. The van der Waals surface area contributed by atoms with E-state index in [4.69, 9.17) is 5.11 Å². The summed E-state index contributed by atoms with van der Waals surface area (Å²) in [5.74, 6) is -0.851. The molecule has 0 radical (unpaired) electrons. The minimum atomic E-state index is -0.851. The molecule has 1 heterocycles. The third kappa shape index (κ3) is 2.91. The maximum absolute atomic E-state index is 10.8. The molecule has 3 nitrogen and oxygen atoms in total. The predicted octanol–water partition coefficient (Wildman–Crippen LogP) is 3.32. The maximum atomic E-state index is 10.8. The number of carboxylic acid groups (broad SMARTS) is 1. The molecule has 3 heteroatoms. The molecular formula is C15H21NO2. The molecule has 1 aromatic rings. The monoisotopic (exact) mass is 247 g/mol. The van der Waals surface area contributed by atoms with Crippen molar-refractivity contribution in [2.45, 2.75) is 38.6 Å². The normalized spacial score (nSPS) is 20.2. The van der Waals surface area contributed by atoms with Crippen LogP contribution in [-0.4, -0.2) is 29.1 Å². The Morgan fingerprint density at radius 1 is 1.39 bits per heavy atom. The van der Waals surface area contributed by atoms with Gasteiger partial charge in [0, 0.05) is 6.04 Å². The number of likely N-dealkylation sites (tertiary alicyclic amines) is 1. The lowest BCUT2D eigenvalue weighted by Crippen LogP contribution is -2.24. The van der Waals surface area contributed by atoms with Crippen LogP contribution in [0.25, 0.3) is 0 Å². The molecule has 0 aliphatic carbocycles. The molecule has 98 valence electrons. The number of hydrogen-bond acceptors (Lipinski definition) is 2. The van der Waals surface area contributed by atoms with Gasteiger partial charge in [0.2, 0.25) is 0 Å². The second kappa shape index (κ2) is 6.01. The number of nitrogens with zero attached hydrogens (tertiary/aromatic N) is 1. The van der Waals surface area contributed by atoms with Gasteiger partial charge in [-0.15, -0.1) is 0 Å². The van der Waals surface area contributed by atoms with Crippen molar-refractivity contribution < 1.29 is 9.90 Å². The summed E-state index contributed by atoms with van der Waals surface area (Å²) in [4.78, 5) is 13.4. The van der Waals surface area contributed by atoms with E-state index in [2.05, 4.69) is 11.8 Å². The molecule has 0 amide bonds. The molecule has 1 saturated heterocycles. The van der Waals surface area contributed by atoms with Crippen LogP contribution in [0.1, 0.15) is 54.6 Å². The number of unbranched alkanes of at least 4 members (excludes halogenated alkanes) is 1. The van der Waals surface area contributed by atoms with E-state index in [9.17, 15) is 4.79 Å². The van der Waals surface area contributed by atoms with Crippen LogP contribution in [0.15, 0.2) is 24.3 Å². The summed E-state index contributed by atoms with van der Waals surface area (Å²) in [6.07, 6.45) is 4.90. The van der Waals surface area contributed by atoms with Crippen LogP contribution in [0.5, 0.6) is 0 Å². The van der Waals surface area contributed by atoms with Crippen molar-refractivity contribution in [3.63, 3.8) is 0 Å². The molecule has 1 N–H and O–H groups in total. The molecule has 18 heavy (non-hydrogen) atoms. The zero-order valence-corrected chi connectivity index (χ0v) is 10.9. The summed E-state index contributed by atoms with van der Waals surface area (Å²) >= 11 is 0. The topological polar surface area (TPSA) is 40.5 Å². The van der Waals surface area contributed by atoms with E-state index in [0.29, 0.717) is 11.6 Å². The van der Waals surface area contributed by atoms with Gasteiger partial charge in [0.15, 0.2) is 0 Å². The number of carboxylic acids is 1. The van der Waals surface area contributed by atoms with Crippen molar-refractivity contribution in [1.29, 1.82) is 0 Å². The maximum Gasteiger partial charge on any atom is 0.335 e. The van der Waals surface area contributed by atoms with Crippen LogP contribution in [-0.2, 0) is 0 Å². The van der Waals surface area contributed by atoms with Crippen LogP contribution in [0.2, 0.25) is 0 Å². The third-order valence-electron chi connectivity index (χ3n) is 3.70. The molecule has 1 unspecified atom stereocenters. The van der Waals surface area contributed by atoms with E-state index in [1.54, 1.807) is 12.1 Å². The van der Waals surface area contributed by atoms with Crippen molar-refractivity contribution in [3.05, 3.63) is 35.4 Å². The van der Waals surface area contributed by atoms with Crippen molar-refractivity contribution in [3.8, 4) is 0 Å². The van der Waals surface area contributed by atoms with E-state index in [1.807, 2.05) is 12.1 Å². The Labute approximate surface area is 108 Å². The summed E-state index contributed by atoms with van der Waals surface area (Å²) in [7, 11) is 0. The van der Waals surface area contributed by atoms with Gasteiger partial charge < -0.3 is 5.11 Å². The highest BCUT2D eigenvalue weighted by molar-refractivity contribution is 5.87. The number of rotatable bonds is 5. The van der Waals surface area contributed by atoms with E-state index in [1.165, 1.54) is 37.8 Å².